The molecule has 7 heteroatoms. The van der Waals surface area contributed by atoms with Crippen LogP contribution < -0.4 is 5.32 Å². The van der Waals surface area contributed by atoms with E-state index < -0.39 is 10.0 Å². The zero-order valence-electron chi connectivity index (χ0n) is 15.6. The maximum atomic E-state index is 12.8. The van der Waals surface area contributed by atoms with Gasteiger partial charge in [-0.3, -0.25) is 4.79 Å². The average Bonchev–Trinajstić information content (AvgIpc) is 3.12. The Kier molecular flexibility index (Phi) is 5.48. The molecule has 1 atom stereocenters. The smallest absolute Gasteiger partial charge is 0.243 e. The summed E-state index contributed by atoms with van der Waals surface area (Å²) in [5, 5.41) is 2.87. The first kappa shape index (κ1) is 19.1. The molecule has 1 amide bonds. The molecular formula is C21H24N2O4S. The summed E-state index contributed by atoms with van der Waals surface area (Å²) < 4.78 is 32.3. The second kappa shape index (κ2) is 8.03. The van der Waals surface area contributed by atoms with Crippen LogP contribution in [0.3, 0.4) is 0 Å². The number of nitrogens with zero attached hydrogens (tertiary/aromatic N) is 1. The Morgan fingerprint density at radius 1 is 1.11 bits per heavy atom. The van der Waals surface area contributed by atoms with Crippen molar-refractivity contribution < 1.29 is 17.9 Å². The number of morpholine rings is 1. The largest absolute Gasteiger partial charge is 0.379 e. The molecule has 28 heavy (non-hydrogen) atoms. The Bertz CT molecular complexity index is 968. The molecule has 1 heterocycles. The lowest BCUT2D eigenvalue weighted by atomic mass is 9.97. The first-order chi connectivity index (χ1) is 13.5. The average molecular weight is 401 g/mol. The molecule has 148 valence electrons. The SMILES string of the molecule is O=C(CC1CCc2ccccc21)Nc1cccc(S(=O)(=O)N2CCOCC2)c1. The molecule has 1 fully saturated rings. The molecule has 2 aromatic carbocycles. The van der Waals surface area contributed by atoms with E-state index in [0.717, 1.165) is 12.8 Å². The molecule has 2 aromatic rings. The van der Waals surface area contributed by atoms with E-state index in [4.69, 9.17) is 4.74 Å². The molecule has 0 saturated carbocycles. The van der Waals surface area contributed by atoms with E-state index in [1.165, 1.54) is 21.5 Å². The zero-order chi connectivity index (χ0) is 19.6. The van der Waals surface area contributed by atoms with Crippen LogP contribution in [-0.4, -0.2) is 44.9 Å². The van der Waals surface area contributed by atoms with Gasteiger partial charge in [-0.25, -0.2) is 8.42 Å². The Morgan fingerprint density at radius 3 is 2.71 bits per heavy atom. The Balaban J connectivity index is 1.44. The number of sulfonamides is 1. The van der Waals surface area contributed by atoms with E-state index in [2.05, 4.69) is 17.4 Å². The number of benzene rings is 2. The van der Waals surface area contributed by atoms with Crippen LogP contribution in [0.1, 0.15) is 29.9 Å². The third kappa shape index (κ3) is 3.97. The highest BCUT2D eigenvalue weighted by Gasteiger charge is 2.27. The first-order valence-electron chi connectivity index (χ1n) is 9.59. The number of rotatable bonds is 5. The van der Waals surface area contributed by atoms with Crippen molar-refractivity contribution in [2.24, 2.45) is 0 Å². The second-order valence-corrected chi connectivity index (χ2v) is 9.17. The van der Waals surface area contributed by atoms with Crippen LogP contribution in [0.5, 0.6) is 0 Å². The lowest BCUT2D eigenvalue weighted by Gasteiger charge is -2.26. The highest BCUT2D eigenvalue weighted by atomic mass is 32.2. The lowest BCUT2D eigenvalue weighted by molar-refractivity contribution is -0.116. The van der Waals surface area contributed by atoms with Crippen molar-refractivity contribution in [2.75, 3.05) is 31.6 Å². The number of nitrogens with one attached hydrogen (secondary N) is 1. The summed E-state index contributed by atoms with van der Waals surface area (Å²) >= 11 is 0. The molecule has 1 aliphatic heterocycles. The van der Waals surface area contributed by atoms with Gasteiger partial charge in [0.15, 0.2) is 0 Å². The minimum atomic E-state index is -3.58. The van der Waals surface area contributed by atoms with E-state index >= 15 is 0 Å². The van der Waals surface area contributed by atoms with Gasteiger partial charge in [-0.1, -0.05) is 30.3 Å². The molecule has 4 rings (SSSR count). The van der Waals surface area contributed by atoms with E-state index in [9.17, 15) is 13.2 Å². The fourth-order valence-corrected chi connectivity index (χ4v) is 5.42. The number of aryl methyl sites for hydroxylation is 1. The van der Waals surface area contributed by atoms with E-state index in [1.54, 1.807) is 18.2 Å². The van der Waals surface area contributed by atoms with Crippen LogP contribution >= 0.6 is 0 Å². The molecule has 1 saturated heterocycles. The molecule has 0 aromatic heterocycles. The van der Waals surface area contributed by atoms with Crippen molar-refractivity contribution in [2.45, 2.75) is 30.1 Å². The third-order valence-corrected chi connectivity index (χ3v) is 7.31. The second-order valence-electron chi connectivity index (χ2n) is 7.23. The van der Waals surface area contributed by atoms with Gasteiger partial charge in [0.2, 0.25) is 15.9 Å². The quantitative estimate of drug-likeness (QED) is 0.837. The van der Waals surface area contributed by atoms with Gasteiger partial charge in [0, 0.05) is 25.2 Å². The van der Waals surface area contributed by atoms with Crippen molar-refractivity contribution >= 4 is 21.6 Å². The van der Waals surface area contributed by atoms with Crippen molar-refractivity contribution in [1.29, 1.82) is 0 Å². The van der Waals surface area contributed by atoms with Gasteiger partial charge < -0.3 is 10.1 Å². The third-order valence-electron chi connectivity index (χ3n) is 5.41. The number of carbonyl (C=O) groups is 1. The maximum Gasteiger partial charge on any atom is 0.243 e. The highest BCUT2D eigenvalue weighted by Crippen LogP contribution is 2.35. The van der Waals surface area contributed by atoms with Crippen LogP contribution in [-0.2, 0) is 26.0 Å². The van der Waals surface area contributed by atoms with E-state index in [0.29, 0.717) is 38.4 Å². The lowest BCUT2D eigenvalue weighted by Crippen LogP contribution is -2.40. The van der Waals surface area contributed by atoms with Crippen molar-refractivity contribution in [3.8, 4) is 0 Å². The summed E-state index contributed by atoms with van der Waals surface area (Å²) in [6.45, 7) is 1.50. The molecule has 0 bridgehead atoms. The first-order valence-corrected chi connectivity index (χ1v) is 11.0. The predicted octanol–water partition coefficient (Wildman–Crippen LogP) is 2.77. The summed E-state index contributed by atoms with van der Waals surface area (Å²) in [7, 11) is -3.58. The maximum absolute atomic E-state index is 12.8. The van der Waals surface area contributed by atoms with E-state index in [-0.39, 0.29) is 16.7 Å². The normalized spacial score (nSPS) is 19.9. The van der Waals surface area contributed by atoms with Gasteiger partial charge in [-0.15, -0.1) is 0 Å². The van der Waals surface area contributed by atoms with Gasteiger partial charge in [0.1, 0.15) is 0 Å². The standard InChI is InChI=1S/C21H24N2O4S/c24-21(14-17-9-8-16-4-1-2-7-20(16)17)22-18-5-3-6-19(15-18)28(25,26)23-10-12-27-13-11-23/h1-7,15,17H,8-14H2,(H,22,24). The summed E-state index contributed by atoms with van der Waals surface area (Å²) in [6.07, 6.45) is 2.37. The topological polar surface area (TPSA) is 75.7 Å². The number of fused-ring (bicyclic) bond motifs is 1. The van der Waals surface area contributed by atoms with Gasteiger partial charge in [0.05, 0.1) is 18.1 Å². The Morgan fingerprint density at radius 2 is 1.89 bits per heavy atom. The molecule has 2 aliphatic rings. The number of hydrogen-bond acceptors (Lipinski definition) is 4. The predicted molar refractivity (Wildman–Crippen MR) is 107 cm³/mol. The summed E-state index contributed by atoms with van der Waals surface area (Å²) in [4.78, 5) is 12.7. The van der Waals surface area contributed by atoms with Crippen molar-refractivity contribution in [1.82, 2.24) is 4.31 Å². The number of amides is 1. The van der Waals surface area contributed by atoms with Crippen LogP contribution in [0.4, 0.5) is 5.69 Å². The molecule has 0 spiro atoms. The van der Waals surface area contributed by atoms with Gasteiger partial charge in [-0.05, 0) is 48.1 Å². The molecule has 6 nitrogen and oxygen atoms in total. The van der Waals surface area contributed by atoms with Gasteiger partial charge in [-0.2, -0.15) is 4.31 Å². The van der Waals surface area contributed by atoms with Gasteiger partial charge in [0.25, 0.3) is 0 Å². The monoisotopic (exact) mass is 400 g/mol. The fraction of sp³-hybridized carbons (Fsp3) is 0.381. The van der Waals surface area contributed by atoms with Crippen LogP contribution in [0.2, 0.25) is 0 Å². The Hall–Kier alpha value is -2.22. The minimum Gasteiger partial charge on any atom is -0.379 e. The van der Waals surface area contributed by atoms with Crippen molar-refractivity contribution in [3.05, 3.63) is 59.7 Å². The molecule has 0 radical (unpaired) electrons. The summed E-state index contributed by atoms with van der Waals surface area (Å²) in [5.41, 5.74) is 3.07. The molecule has 1 N–H and O–H groups in total. The number of ether oxygens (including phenoxy) is 1. The van der Waals surface area contributed by atoms with E-state index in [1.807, 2.05) is 12.1 Å². The summed E-state index contributed by atoms with van der Waals surface area (Å²) in [5.74, 6) is 0.124. The minimum absolute atomic E-state index is 0.0948. The molecule has 1 unspecified atom stereocenters. The highest BCUT2D eigenvalue weighted by molar-refractivity contribution is 7.89. The molecule has 1 aliphatic carbocycles. The van der Waals surface area contributed by atoms with Crippen molar-refractivity contribution in [3.63, 3.8) is 0 Å². The fourth-order valence-electron chi connectivity index (χ4n) is 3.96. The zero-order valence-corrected chi connectivity index (χ0v) is 16.5. The number of carbonyl (C=O) groups excluding carboxylic acids is 1. The van der Waals surface area contributed by atoms with Crippen LogP contribution in [0.25, 0.3) is 0 Å². The van der Waals surface area contributed by atoms with Crippen LogP contribution in [0, 0.1) is 0 Å². The number of anilines is 1. The number of hydrogen-bond donors (Lipinski definition) is 1. The summed E-state index contributed by atoms with van der Waals surface area (Å²) in [6, 6.07) is 14.7. The van der Waals surface area contributed by atoms with Crippen LogP contribution in [0.15, 0.2) is 53.4 Å². The van der Waals surface area contributed by atoms with Gasteiger partial charge >= 0.3 is 0 Å². The Labute approximate surface area is 165 Å². The molecular weight excluding hydrogens is 376 g/mol.